The Kier molecular flexibility index (Phi) is 2.68. The summed E-state index contributed by atoms with van der Waals surface area (Å²) in [6, 6.07) is 5.77. The van der Waals surface area contributed by atoms with E-state index in [9.17, 15) is 4.79 Å². The highest BCUT2D eigenvalue weighted by Gasteiger charge is 2.19. The van der Waals surface area contributed by atoms with E-state index in [1.807, 2.05) is 16.7 Å². The number of piperidine rings is 1. The molecule has 1 aliphatic heterocycles. The number of H-pyrrole nitrogens is 1. The normalized spacial score (nSPS) is 20.9. The zero-order valence-electron chi connectivity index (χ0n) is 9.37. The predicted molar refractivity (Wildman–Crippen MR) is 68.7 cm³/mol. The highest BCUT2D eigenvalue weighted by molar-refractivity contribution is 6.31. The van der Waals surface area contributed by atoms with Crippen LogP contribution in [0.15, 0.2) is 23.0 Å². The molecule has 17 heavy (non-hydrogen) atoms. The Balaban J connectivity index is 2.14. The summed E-state index contributed by atoms with van der Waals surface area (Å²) in [5.41, 5.74) is 1.71. The molecule has 1 aliphatic rings. The lowest BCUT2D eigenvalue weighted by Gasteiger charge is -2.23. The van der Waals surface area contributed by atoms with Gasteiger partial charge in [0.1, 0.15) is 0 Å². The Morgan fingerprint density at radius 1 is 1.41 bits per heavy atom. The average molecular weight is 252 g/mol. The molecule has 90 valence electrons. The molecule has 1 fully saturated rings. The average Bonchev–Trinajstić information content (AvgIpc) is 2.65. The Morgan fingerprint density at radius 3 is 3.06 bits per heavy atom. The molecule has 0 saturated carbocycles. The van der Waals surface area contributed by atoms with Gasteiger partial charge < -0.3 is 10.3 Å². The molecule has 2 heterocycles. The molecule has 3 rings (SSSR count). The Bertz CT molecular complexity index is 595. The molecule has 0 aliphatic carbocycles. The molecule has 5 heteroatoms. The maximum Gasteiger partial charge on any atom is 0.326 e. The van der Waals surface area contributed by atoms with Gasteiger partial charge in [-0.05, 0) is 37.6 Å². The summed E-state index contributed by atoms with van der Waals surface area (Å²) in [5, 5.41) is 3.97. The summed E-state index contributed by atoms with van der Waals surface area (Å²) in [6.07, 6.45) is 2.15. The van der Waals surface area contributed by atoms with E-state index in [4.69, 9.17) is 11.6 Å². The number of hydrogen-bond donors (Lipinski definition) is 2. The second-order valence-electron chi connectivity index (χ2n) is 4.46. The molecule has 1 saturated heterocycles. The van der Waals surface area contributed by atoms with Crippen LogP contribution in [0.5, 0.6) is 0 Å². The largest absolute Gasteiger partial charge is 0.326 e. The zero-order chi connectivity index (χ0) is 11.8. The van der Waals surface area contributed by atoms with Gasteiger partial charge in [0.2, 0.25) is 0 Å². The molecule has 1 unspecified atom stereocenters. The van der Waals surface area contributed by atoms with Crippen molar-refractivity contribution < 1.29 is 0 Å². The molecule has 0 radical (unpaired) electrons. The minimum Gasteiger partial charge on any atom is -0.315 e. The lowest BCUT2D eigenvalue weighted by Crippen LogP contribution is -2.35. The Morgan fingerprint density at radius 2 is 2.29 bits per heavy atom. The minimum atomic E-state index is -0.0454. The van der Waals surface area contributed by atoms with Crippen LogP contribution in [0.25, 0.3) is 11.0 Å². The number of hydrogen-bond acceptors (Lipinski definition) is 2. The Hall–Kier alpha value is -1.26. The summed E-state index contributed by atoms with van der Waals surface area (Å²) in [5.74, 6) is 0. The van der Waals surface area contributed by atoms with Crippen molar-refractivity contribution in [2.24, 2.45) is 0 Å². The second-order valence-corrected chi connectivity index (χ2v) is 4.90. The van der Waals surface area contributed by atoms with E-state index in [0.29, 0.717) is 5.02 Å². The van der Waals surface area contributed by atoms with Gasteiger partial charge in [0.05, 0.1) is 17.1 Å². The van der Waals surface area contributed by atoms with Gasteiger partial charge in [0, 0.05) is 11.6 Å². The van der Waals surface area contributed by atoms with Gasteiger partial charge in [0.25, 0.3) is 0 Å². The molecule has 0 bridgehead atoms. The van der Waals surface area contributed by atoms with Gasteiger partial charge in [-0.2, -0.15) is 0 Å². The maximum absolute atomic E-state index is 12.0. The number of aromatic nitrogens is 2. The van der Waals surface area contributed by atoms with E-state index in [0.717, 1.165) is 37.0 Å². The minimum absolute atomic E-state index is 0.0454. The lowest BCUT2D eigenvalue weighted by molar-refractivity contribution is 0.372. The van der Waals surface area contributed by atoms with Gasteiger partial charge in [-0.3, -0.25) is 4.57 Å². The van der Waals surface area contributed by atoms with Crippen LogP contribution in [0, 0.1) is 0 Å². The highest BCUT2D eigenvalue weighted by Crippen LogP contribution is 2.22. The van der Waals surface area contributed by atoms with Crippen LogP contribution in [0.2, 0.25) is 5.02 Å². The van der Waals surface area contributed by atoms with Crippen LogP contribution in [0.3, 0.4) is 0 Å². The molecule has 1 aromatic heterocycles. The number of nitrogens with zero attached hydrogens (tertiary/aromatic N) is 1. The molecular formula is C12H14ClN3O. The van der Waals surface area contributed by atoms with Crippen LogP contribution in [-0.4, -0.2) is 22.6 Å². The third-order valence-corrected chi connectivity index (χ3v) is 3.55. The summed E-state index contributed by atoms with van der Waals surface area (Å²) in [4.78, 5) is 14.8. The first-order valence-electron chi connectivity index (χ1n) is 5.86. The van der Waals surface area contributed by atoms with Crippen LogP contribution in [-0.2, 0) is 0 Å². The van der Waals surface area contributed by atoms with Crippen molar-refractivity contribution in [3.63, 3.8) is 0 Å². The quantitative estimate of drug-likeness (QED) is 0.814. The van der Waals surface area contributed by atoms with Crippen molar-refractivity contribution in [3.05, 3.63) is 33.7 Å². The van der Waals surface area contributed by atoms with Crippen LogP contribution < -0.4 is 11.0 Å². The summed E-state index contributed by atoms with van der Waals surface area (Å²) >= 11 is 5.92. The molecule has 2 aromatic rings. The van der Waals surface area contributed by atoms with E-state index in [2.05, 4.69) is 10.3 Å². The van der Waals surface area contributed by atoms with Crippen molar-refractivity contribution in [2.75, 3.05) is 13.1 Å². The van der Waals surface area contributed by atoms with Crippen molar-refractivity contribution >= 4 is 22.6 Å². The second kappa shape index (κ2) is 4.20. The Labute approximate surface area is 104 Å². The van der Waals surface area contributed by atoms with Gasteiger partial charge >= 0.3 is 5.69 Å². The van der Waals surface area contributed by atoms with Crippen molar-refractivity contribution in [1.29, 1.82) is 0 Å². The van der Waals surface area contributed by atoms with Crippen molar-refractivity contribution in [2.45, 2.75) is 18.9 Å². The maximum atomic E-state index is 12.0. The van der Waals surface area contributed by atoms with Gasteiger partial charge in [-0.25, -0.2) is 4.79 Å². The third-order valence-electron chi connectivity index (χ3n) is 3.31. The van der Waals surface area contributed by atoms with Gasteiger partial charge in [-0.1, -0.05) is 11.6 Å². The van der Waals surface area contributed by atoms with E-state index in [1.165, 1.54) is 0 Å². The van der Waals surface area contributed by atoms with E-state index < -0.39 is 0 Å². The topological polar surface area (TPSA) is 49.8 Å². The number of imidazole rings is 1. The van der Waals surface area contributed by atoms with Gasteiger partial charge in [-0.15, -0.1) is 0 Å². The number of nitrogens with one attached hydrogen (secondary N) is 2. The number of rotatable bonds is 1. The van der Waals surface area contributed by atoms with Crippen LogP contribution in [0.4, 0.5) is 0 Å². The third kappa shape index (κ3) is 1.87. The van der Waals surface area contributed by atoms with E-state index >= 15 is 0 Å². The molecular weight excluding hydrogens is 238 g/mol. The highest BCUT2D eigenvalue weighted by atomic mass is 35.5. The number of fused-ring (bicyclic) bond motifs is 1. The first-order valence-corrected chi connectivity index (χ1v) is 6.24. The molecule has 4 nitrogen and oxygen atoms in total. The summed E-state index contributed by atoms with van der Waals surface area (Å²) in [6.45, 7) is 1.90. The van der Waals surface area contributed by atoms with E-state index in [1.54, 1.807) is 6.07 Å². The van der Waals surface area contributed by atoms with Crippen molar-refractivity contribution in [3.8, 4) is 0 Å². The SMILES string of the molecule is O=c1[nH]c2cc(Cl)ccc2n1C1CCCNC1. The summed E-state index contributed by atoms with van der Waals surface area (Å²) in [7, 11) is 0. The standard InChI is InChI=1S/C12H14ClN3O/c13-8-3-4-11-10(6-8)15-12(17)16(11)9-2-1-5-14-7-9/h3-4,6,9,14H,1-2,5,7H2,(H,15,17). The van der Waals surface area contributed by atoms with Crippen LogP contribution in [0.1, 0.15) is 18.9 Å². The van der Waals surface area contributed by atoms with Crippen molar-refractivity contribution in [1.82, 2.24) is 14.9 Å². The number of benzene rings is 1. The fourth-order valence-corrected chi connectivity index (χ4v) is 2.69. The first-order chi connectivity index (χ1) is 8.25. The molecule has 0 amide bonds. The smallest absolute Gasteiger partial charge is 0.315 e. The fourth-order valence-electron chi connectivity index (χ4n) is 2.52. The molecule has 1 aromatic carbocycles. The summed E-state index contributed by atoms with van der Waals surface area (Å²) < 4.78 is 1.85. The lowest BCUT2D eigenvalue weighted by atomic mass is 10.1. The predicted octanol–water partition coefficient (Wildman–Crippen LogP) is 1.91. The monoisotopic (exact) mass is 251 g/mol. The molecule has 0 spiro atoms. The van der Waals surface area contributed by atoms with Gasteiger partial charge in [0.15, 0.2) is 0 Å². The first kappa shape index (κ1) is 10.9. The van der Waals surface area contributed by atoms with Crippen LogP contribution >= 0.6 is 11.6 Å². The van der Waals surface area contributed by atoms with E-state index in [-0.39, 0.29) is 11.7 Å². The number of halogens is 1. The molecule has 2 N–H and O–H groups in total. The molecule has 1 atom stereocenters. The zero-order valence-corrected chi connectivity index (χ0v) is 10.1. The number of aromatic amines is 1. The fraction of sp³-hybridized carbons (Fsp3) is 0.417.